The predicted octanol–water partition coefficient (Wildman–Crippen LogP) is 3.25. The van der Waals surface area contributed by atoms with E-state index in [1.54, 1.807) is 6.92 Å². The first-order valence-electron chi connectivity index (χ1n) is 6.91. The molecule has 118 valence electrons. The Labute approximate surface area is 130 Å². The third-order valence-electron chi connectivity index (χ3n) is 3.56. The second-order valence-corrected chi connectivity index (χ2v) is 5.13. The van der Waals surface area contributed by atoms with Gasteiger partial charge in [0.15, 0.2) is 0 Å². The second-order valence-electron chi connectivity index (χ2n) is 5.13. The summed E-state index contributed by atoms with van der Waals surface area (Å²) in [6.07, 6.45) is 1.83. The van der Waals surface area contributed by atoms with Gasteiger partial charge in [-0.15, -0.1) is 0 Å². The molecule has 3 rings (SSSR count). The summed E-state index contributed by atoms with van der Waals surface area (Å²) in [7, 11) is 1.83. The maximum absolute atomic E-state index is 13.7. The molecular weight excluding hydrogens is 302 g/mol. The summed E-state index contributed by atoms with van der Waals surface area (Å²) in [5.74, 6) is -2.69. The zero-order valence-corrected chi connectivity index (χ0v) is 12.5. The largest absolute Gasteiger partial charge is 0.349 e. The minimum Gasteiger partial charge on any atom is -0.349 e. The summed E-state index contributed by atoms with van der Waals surface area (Å²) < 4.78 is 29.3. The van der Waals surface area contributed by atoms with Gasteiger partial charge >= 0.3 is 0 Å². The molecule has 23 heavy (non-hydrogen) atoms. The molecule has 0 fully saturated rings. The lowest BCUT2D eigenvalue weighted by Crippen LogP contribution is -2.16. The predicted molar refractivity (Wildman–Crippen MR) is 82.0 cm³/mol. The molecule has 2 N–H and O–H groups in total. The van der Waals surface area contributed by atoms with Crippen LogP contribution in [-0.4, -0.2) is 20.7 Å². The summed E-state index contributed by atoms with van der Waals surface area (Å²) in [5.41, 5.74) is 1.62. The smallest absolute Gasteiger partial charge is 0.261 e. The lowest BCUT2D eigenvalue weighted by atomic mass is 10.1. The monoisotopic (exact) mass is 316 g/mol. The first-order valence-corrected chi connectivity index (χ1v) is 6.91. The van der Waals surface area contributed by atoms with Crippen LogP contribution in [0.25, 0.3) is 11.4 Å². The van der Waals surface area contributed by atoms with Crippen LogP contribution >= 0.6 is 0 Å². The molecule has 1 amide bonds. The van der Waals surface area contributed by atoms with Gasteiger partial charge in [0.25, 0.3) is 5.91 Å². The number of carbonyl (C=O) groups is 1. The van der Waals surface area contributed by atoms with Crippen molar-refractivity contribution in [3.05, 3.63) is 59.4 Å². The van der Waals surface area contributed by atoms with Crippen LogP contribution in [0.1, 0.15) is 16.1 Å². The molecule has 0 saturated heterocycles. The van der Waals surface area contributed by atoms with Gasteiger partial charge in [-0.1, -0.05) is 6.07 Å². The van der Waals surface area contributed by atoms with E-state index in [9.17, 15) is 13.6 Å². The number of benzene rings is 1. The molecule has 0 radical (unpaired) electrons. The fourth-order valence-electron chi connectivity index (χ4n) is 2.37. The van der Waals surface area contributed by atoms with Crippen molar-refractivity contribution in [2.24, 2.45) is 7.05 Å². The van der Waals surface area contributed by atoms with Gasteiger partial charge in [-0.05, 0) is 31.2 Å². The lowest BCUT2D eigenvalue weighted by Gasteiger charge is -2.09. The van der Waals surface area contributed by atoms with E-state index in [0.717, 1.165) is 17.8 Å². The zero-order valence-electron chi connectivity index (χ0n) is 12.5. The van der Waals surface area contributed by atoms with Crippen LogP contribution in [0.3, 0.4) is 0 Å². The molecule has 0 unspecified atom stereocenters. The fraction of sp³-hybridized carbons (Fsp3) is 0.125. The average Bonchev–Trinajstić information content (AvgIpc) is 3.06. The molecule has 0 aliphatic carbocycles. The molecule has 0 aliphatic rings. The third kappa shape index (κ3) is 2.61. The highest BCUT2D eigenvalue weighted by atomic mass is 19.1. The van der Waals surface area contributed by atoms with Crippen molar-refractivity contribution in [1.82, 2.24) is 14.8 Å². The normalized spacial score (nSPS) is 10.8. The Morgan fingerprint density at radius 1 is 1.22 bits per heavy atom. The van der Waals surface area contributed by atoms with Gasteiger partial charge in [-0.3, -0.25) is 9.89 Å². The molecule has 1 aromatic carbocycles. The molecule has 0 atom stereocenters. The van der Waals surface area contributed by atoms with Crippen LogP contribution in [0.2, 0.25) is 0 Å². The minimum atomic E-state index is -0.913. The van der Waals surface area contributed by atoms with Gasteiger partial charge in [-0.2, -0.15) is 5.10 Å². The van der Waals surface area contributed by atoms with Crippen LogP contribution in [0.4, 0.5) is 14.5 Å². The van der Waals surface area contributed by atoms with Gasteiger partial charge in [0.2, 0.25) is 0 Å². The maximum Gasteiger partial charge on any atom is 0.261 e. The molecule has 0 saturated carbocycles. The van der Waals surface area contributed by atoms with Crippen molar-refractivity contribution in [3.63, 3.8) is 0 Å². The van der Waals surface area contributed by atoms with E-state index < -0.39 is 23.1 Å². The Morgan fingerprint density at radius 2 is 1.91 bits per heavy atom. The Balaban J connectivity index is 2.00. The third-order valence-corrected chi connectivity index (χ3v) is 3.56. The molecule has 5 nitrogen and oxygen atoms in total. The van der Waals surface area contributed by atoms with E-state index in [1.165, 1.54) is 6.07 Å². The molecule has 2 heterocycles. The maximum atomic E-state index is 13.7. The van der Waals surface area contributed by atoms with E-state index in [0.29, 0.717) is 17.1 Å². The number of halogens is 2. The van der Waals surface area contributed by atoms with Gasteiger partial charge < -0.3 is 9.88 Å². The lowest BCUT2D eigenvalue weighted by molar-refractivity contribution is 0.101. The SMILES string of the molecule is Cc1[nH]nc(-c2cccn2C)c1NC(=O)c1c(F)cccc1F. The topological polar surface area (TPSA) is 62.7 Å². The van der Waals surface area contributed by atoms with Crippen LogP contribution in [-0.2, 0) is 7.05 Å². The number of aromatic amines is 1. The number of amides is 1. The number of anilines is 1. The van der Waals surface area contributed by atoms with Gasteiger partial charge in [0.1, 0.15) is 22.9 Å². The summed E-state index contributed by atoms with van der Waals surface area (Å²) in [5, 5.41) is 9.48. The fourth-order valence-corrected chi connectivity index (χ4v) is 2.37. The van der Waals surface area contributed by atoms with Crippen molar-refractivity contribution in [1.29, 1.82) is 0 Å². The zero-order chi connectivity index (χ0) is 16.6. The van der Waals surface area contributed by atoms with E-state index in [4.69, 9.17) is 0 Å². The van der Waals surface area contributed by atoms with Gasteiger partial charge in [-0.25, -0.2) is 8.78 Å². The number of nitrogens with one attached hydrogen (secondary N) is 2. The Kier molecular flexibility index (Phi) is 3.69. The van der Waals surface area contributed by atoms with Crippen LogP contribution in [0.15, 0.2) is 36.5 Å². The number of nitrogens with zero attached hydrogens (tertiary/aromatic N) is 2. The highest BCUT2D eigenvalue weighted by Gasteiger charge is 2.21. The average molecular weight is 316 g/mol. The molecule has 0 bridgehead atoms. The summed E-state index contributed by atoms with van der Waals surface area (Å²) >= 11 is 0. The van der Waals surface area contributed by atoms with Gasteiger partial charge in [0, 0.05) is 13.2 Å². The molecule has 2 aromatic heterocycles. The summed E-state index contributed by atoms with van der Waals surface area (Å²) in [4.78, 5) is 12.3. The van der Waals surface area contributed by atoms with Crippen molar-refractivity contribution < 1.29 is 13.6 Å². The highest BCUT2D eigenvalue weighted by Crippen LogP contribution is 2.29. The molecule has 0 aliphatic heterocycles. The first-order chi connectivity index (χ1) is 11.0. The van der Waals surface area contributed by atoms with Crippen LogP contribution in [0.5, 0.6) is 0 Å². The molecule has 0 spiro atoms. The number of aromatic nitrogens is 3. The van der Waals surface area contributed by atoms with E-state index >= 15 is 0 Å². The first kappa shape index (κ1) is 15.0. The van der Waals surface area contributed by atoms with Crippen LogP contribution in [0, 0.1) is 18.6 Å². The van der Waals surface area contributed by atoms with Crippen molar-refractivity contribution in [3.8, 4) is 11.4 Å². The summed E-state index contributed by atoms with van der Waals surface area (Å²) in [6, 6.07) is 6.95. The van der Waals surface area contributed by atoms with Gasteiger partial charge in [0.05, 0.1) is 17.1 Å². The van der Waals surface area contributed by atoms with E-state index in [1.807, 2.05) is 29.9 Å². The molecular formula is C16H14F2N4O. The Hall–Kier alpha value is -2.96. The summed E-state index contributed by atoms with van der Waals surface area (Å²) in [6.45, 7) is 1.72. The second kappa shape index (κ2) is 5.68. The quantitative estimate of drug-likeness (QED) is 0.779. The van der Waals surface area contributed by atoms with Crippen molar-refractivity contribution in [2.45, 2.75) is 6.92 Å². The number of hydrogen-bond acceptors (Lipinski definition) is 2. The number of rotatable bonds is 3. The highest BCUT2D eigenvalue weighted by molar-refractivity contribution is 6.06. The number of carbonyl (C=O) groups excluding carboxylic acids is 1. The molecule has 3 aromatic rings. The Bertz CT molecular complexity index is 862. The number of aryl methyl sites for hydroxylation is 2. The standard InChI is InChI=1S/C16H14F2N4O/c1-9-14(15(21-20-9)12-7-4-8-22(12)2)19-16(23)13-10(17)5-3-6-11(13)18/h3-8H,1-2H3,(H,19,23)(H,20,21). The number of hydrogen-bond donors (Lipinski definition) is 2. The van der Waals surface area contributed by atoms with E-state index in [2.05, 4.69) is 15.5 Å². The van der Waals surface area contributed by atoms with E-state index in [-0.39, 0.29) is 0 Å². The molecule has 7 heteroatoms. The number of H-pyrrole nitrogens is 1. The van der Waals surface area contributed by atoms with Crippen molar-refractivity contribution in [2.75, 3.05) is 5.32 Å². The Morgan fingerprint density at radius 3 is 2.52 bits per heavy atom. The van der Waals surface area contributed by atoms with Crippen molar-refractivity contribution >= 4 is 11.6 Å². The minimum absolute atomic E-state index is 0.388. The van der Waals surface area contributed by atoms with Crippen LogP contribution < -0.4 is 5.32 Å².